The smallest absolute Gasteiger partial charge is 0.228 e. The maximum absolute atomic E-state index is 11.2. The lowest BCUT2D eigenvalue weighted by Gasteiger charge is -2.20. The van der Waals surface area contributed by atoms with Crippen molar-refractivity contribution in [2.24, 2.45) is 0 Å². The Morgan fingerprint density at radius 3 is 2.60 bits per heavy atom. The van der Waals surface area contributed by atoms with E-state index in [1.165, 1.54) is 5.56 Å². The van der Waals surface area contributed by atoms with Crippen molar-refractivity contribution in [3.8, 4) is 0 Å². The summed E-state index contributed by atoms with van der Waals surface area (Å²) in [7, 11) is 0. The van der Waals surface area contributed by atoms with E-state index in [1.54, 1.807) is 0 Å². The van der Waals surface area contributed by atoms with Gasteiger partial charge in [0.05, 0.1) is 17.8 Å². The largest absolute Gasteiger partial charge is 0.397 e. The minimum atomic E-state index is 0.0303. The fraction of sp³-hybridized carbons (Fsp3) is 0.417. The highest BCUT2D eigenvalue weighted by molar-refractivity contribution is 6.02. The van der Waals surface area contributed by atoms with E-state index in [9.17, 15) is 4.79 Å². The van der Waals surface area contributed by atoms with Crippen molar-refractivity contribution in [3.63, 3.8) is 0 Å². The van der Waals surface area contributed by atoms with Gasteiger partial charge in [0.25, 0.3) is 0 Å². The molecule has 1 heterocycles. The second-order valence-corrected chi connectivity index (χ2v) is 5.07. The maximum atomic E-state index is 11.2. The fourth-order valence-electron chi connectivity index (χ4n) is 1.81. The molecule has 1 aromatic carbocycles. The molecule has 0 saturated carbocycles. The molecule has 0 spiro atoms. The molecule has 80 valence electrons. The molecule has 0 unspecified atom stereocenters. The third kappa shape index (κ3) is 1.69. The van der Waals surface area contributed by atoms with E-state index in [0.29, 0.717) is 12.1 Å². The lowest BCUT2D eigenvalue weighted by Crippen LogP contribution is -2.12. The van der Waals surface area contributed by atoms with Crippen molar-refractivity contribution in [1.82, 2.24) is 0 Å². The lowest BCUT2D eigenvalue weighted by molar-refractivity contribution is -0.115. The Kier molecular flexibility index (Phi) is 2.00. The Hall–Kier alpha value is -1.51. The highest BCUT2D eigenvalue weighted by Gasteiger charge is 2.23. The number of rotatable bonds is 0. The first-order chi connectivity index (χ1) is 6.88. The number of amides is 1. The molecular formula is C12H16N2O. The van der Waals surface area contributed by atoms with Crippen LogP contribution in [0.4, 0.5) is 11.4 Å². The number of nitrogen functional groups attached to an aromatic ring is 1. The predicted octanol–water partition coefficient (Wildman–Crippen LogP) is 2.06. The first-order valence-electron chi connectivity index (χ1n) is 5.10. The zero-order chi connectivity index (χ0) is 11.2. The highest BCUT2D eigenvalue weighted by Crippen LogP contribution is 2.34. The van der Waals surface area contributed by atoms with Crippen LogP contribution in [0.15, 0.2) is 12.1 Å². The summed E-state index contributed by atoms with van der Waals surface area (Å²) in [5, 5.41) is 2.78. The van der Waals surface area contributed by atoms with Crippen molar-refractivity contribution in [2.75, 3.05) is 11.1 Å². The maximum Gasteiger partial charge on any atom is 0.228 e. The summed E-state index contributed by atoms with van der Waals surface area (Å²) >= 11 is 0. The van der Waals surface area contributed by atoms with E-state index in [1.807, 2.05) is 6.07 Å². The number of carbonyl (C=O) groups is 1. The number of nitrogens with one attached hydrogen (secondary N) is 1. The molecule has 1 aliphatic rings. The number of benzene rings is 1. The van der Waals surface area contributed by atoms with Gasteiger partial charge in [-0.1, -0.05) is 26.8 Å². The zero-order valence-corrected chi connectivity index (χ0v) is 9.35. The van der Waals surface area contributed by atoms with Crippen molar-refractivity contribution >= 4 is 17.3 Å². The molecule has 1 aromatic rings. The fourth-order valence-corrected chi connectivity index (χ4v) is 1.81. The van der Waals surface area contributed by atoms with Crippen LogP contribution in [0, 0.1) is 0 Å². The average Bonchev–Trinajstić information content (AvgIpc) is 2.44. The molecule has 0 aromatic heterocycles. The molecule has 2 rings (SSSR count). The monoisotopic (exact) mass is 204 g/mol. The number of anilines is 2. The number of carbonyl (C=O) groups excluding carboxylic acids is 1. The van der Waals surface area contributed by atoms with Crippen LogP contribution in [0.3, 0.4) is 0 Å². The second-order valence-electron chi connectivity index (χ2n) is 5.07. The van der Waals surface area contributed by atoms with Crippen molar-refractivity contribution < 1.29 is 4.79 Å². The van der Waals surface area contributed by atoms with Crippen LogP contribution >= 0.6 is 0 Å². The molecule has 0 fully saturated rings. The quantitative estimate of drug-likeness (QED) is 0.635. The summed E-state index contributed by atoms with van der Waals surface area (Å²) in [6, 6.07) is 4.02. The van der Waals surface area contributed by atoms with Crippen molar-refractivity contribution in [3.05, 3.63) is 23.3 Å². The Morgan fingerprint density at radius 1 is 1.33 bits per heavy atom. The normalized spacial score (nSPS) is 15.0. The second kappa shape index (κ2) is 2.99. The van der Waals surface area contributed by atoms with E-state index in [2.05, 4.69) is 32.2 Å². The molecule has 0 atom stereocenters. The van der Waals surface area contributed by atoms with Gasteiger partial charge >= 0.3 is 0 Å². The minimum absolute atomic E-state index is 0.0303. The van der Waals surface area contributed by atoms with Crippen LogP contribution in [0.5, 0.6) is 0 Å². The molecule has 3 N–H and O–H groups in total. The van der Waals surface area contributed by atoms with Crippen LogP contribution in [0.1, 0.15) is 31.9 Å². The van der Waals surface area contributed by atoms with Gasteiger partial charge in [-0.05, 0) is 22.6 Å². The number of hydrogen-bond acceptors (Lipinski definition) is 2. The predicted molar refractivity (Wildman–Crippen MR) is 61.9 cm³/mol. The third-order valence-corrected chi connectivity index (χ3v) is 2.73. The minimum Gasteiger partial charge on any atom is -0.397 e. The Bertz CT molecular complexity index is 430. The Labute approximate surface area is 89.7 Å². The van der Waals surface area contributed by atoms with Gasteiger partial charge in [-0.3, -0.25) is 4.79 Å². The summed E-state index contributed by atoms with van der Waals surface area (Å²) < 4.78 is 0. The Balaban J connectivity index is 2.54. The van der Waals surface area contributed by atoms with Crippen LogP contribution in [0.25, 0.3) is 0 Å². The van der Waals surface area contributed by atoms with Crippen LogP contribution in [-0.4, -0.2) is 5.91 Å². The molecule has 3 heteroatoms. The highest BCUT2D eigenvalue weighted by atomic mass is 16.1. The molecule has 3 nitrogen and oxygen atoms in total. The lowest BCUT2D eigenvalue weighted by atomic mass is 9.85. The standard InChI is InChI=1S/C12H16N2O/c1-12(2,3)8-4-7-5-10(15)14-11(7)9(13)6-8/h4,6H,5,13H2,1-3H3,(H,14,15). The van der Waals surface area contributed by atoms with Gasteiger partial charge in [0.15, 0.2) is 0 Å². The van der Waals surface area contributed by atoms with Crippen LogP contribution in [0.2, 0.25) is 0 Å². The topological polar surface area (TPSA) is 55.1 Å². The summed E-state index contributed by atoms with van der Waals surface area (Å²) in [6.07, 6.45) is 0.448. The van der Waals surface area contributed by atoms with Gasteiger partial charge in [0.2, 0.25) is 5.91 Å². The van der Waals surface area contributed by atoms with E-state index < -0.39 is 0 Å². The number of fused-ring (bicyclic) bond motifs is 1. The molecule has 1 aliphatic heterocycles. The van der Waals surface area contributed by atoms with E-state index in [0.717, 1.165) is 11.3 Å². The van der Waals surface area contributed by atoms with Gasteiger partial charge in [-0.15, -0.1) is 0 Å². The van der Waals surface area contributed by atoms with E-state index in [4.69, 9.17) is 5.73 Å². The summed E-state index contributed by atoms with van der Waals surface area (Å²) in [4.78, 5) is 11.2. The van der Waals surface area contributed by atoms with Gasteiger partial charge in [0.1, 0.15) is 0 Å². The Morgan fingerprint density at radius 2 is 2.00 bits per heavy atom. The average molecular weight is 204 g/mol. The van der Waals surface area contributed by atoms with Crippen molar-refractivity contribution in [2.45, 2.75) is 32.6 Å². The number of hydrogen-bond donors (Lipinski definition) is 2. The van der Waals surface area contributed by atoms with Gasteiger partial charge in [-0.2, -0.15) is 0 Å². The molecule has 0 saturated heterocycles. The molecule has 1 amide bonds. The van der Waals surface area contributed by atoms with Crippen LogP contribution in [-0.2, 0) is 16.6 Å². The molecule has 0 aliphatic carbocycles. The first-order valence-corrected chi connectivity index (χ1v) is 5.10. The molecule has 15 heavy (non-hydrogen) atoms. The van der Waals surface area contributed by atoms with E-state index in [-0.39, 0.29) is 11.3 Å². The summed E-state index contributed by atoms with van der Waals surface area (Å²) in [6.45, 7) is 6.41. The molecule has 0 bridgehead atoms. The van der Waals surface area contributed by atoms with Crippen molar-refractivity contribution in [1.29, 1.82) is 0 Å². The number of nitrogens with two attached hydrogens (primary N) is 1. The van der Waals surface area contributed by atoms with Gasteiger partial charge in [-0.25, -0.2) is 0 Å². The molecule has 0 radical (unpaired) electrons. The van der Waals surface area contributed by atoms with E-state index >= 15 is 0 Å². The third-order valence-electron chi connectivity index (χ3n) is 2.73. The molecular weight excluding hydrogens is 188 g/mol. The summed E-state index contributed by atoms with van der Waals surface area (Å²) in [5.41, 5.74) is 9.64. The zero-order valence-electron chi connectivity index (χ0n) is 9.35. The first kappa shape index (κ1) is 10.0. The summed E-state index contributed by atoms with van der Waals surface area (Å²) in [5.74, 6) is 0.0303. The van der Waals surface area contributed by atoms with Crippen LogP contribution < -0.4 is 11.1 Å². The van der Waals surface area contributed by atoms with Gasteiger partial charge < -0.3 is 11.1 Å². The SMILES string of the molecule is CC(C)(C)c1cc(N)c2c(c1)CC(=O)N2. The van der Waals surface area contributed by atoms with Gasteiger partial charge in [0, 0.05) is 0 Å².